The van der Waals surface area contributed by atoms with Gasteiger partial charge in [-0.2, -0.15) is 9.43 Å². The molecule has 0 bridgehead atoms. The molecule has 1 fully saturated rings. The van der Waals surface area contributed by atoms with Gasteiger partial charge in [0.1, 0.15) is 11.4 Å². The summed E-state index contributed by atoms with van der Waals surface area (Å²) in [6.45, 7) is 1.85. The van der Waals surface area contributed by atoms with Gasteiger partial charge in [-0.1, -0.05) is 6.07 Å². The minimum absolute atomic E-state index is 0.0271. The zero-order valence-electron chi connectivity index (χ0n) is 14.3. The fraction of sp³-hybridized carbons (Fsp3) is 0.312. The highest BCUT2D eigenvalue weighted by Gasteiger charge is 2.26. The molecular weight excluding hydrogens is 358 g/mol. The minimum atomic E-state index is -0.740. The van der Waals surface area contributed by atoms with Crippen molar-refractivity contribution >= 4 is 29.7 Å². The maximum absolute atomic E-state index is 12.3. The number of nitrogens with zero attached hydrogens (tertiary/aromatic N) is 2. The van der Waals surface area contributed by atoms with E-state index in [2.05, 4.69) is 15.3 Å². The molecule has 2 amide bonds. The number of anilines is 1. The second-order valence-corrected chi connectivity index (χ2v) is 6.60. The lowest BCUT2D eigenvalue weighted by molar-refractivity contribution is -0.160. The van der Waals surface area contributed by atoms with Crippen molar-refractivity contribution in [2.45, 2.75) is 30.8 Å². The summed E-state index contributed by atoms with van der Waals surface area (Å²) in [4.78, 5) is 28.6. The molecule has 10 heteroatoms. The molecule has 1 aliphatic rings. The van der Waals surface area contributed by atoms with Crippen molar-refractivity contribution in [1.82, 2.24) is 15.1 Å². The third kappa shape index (κ3) is 3.66. The number of aromatic nitrogens is 2. The van der Waals surface area contributed by atoms with Gasteiger partial charge in [0.25, 0.3) is 11.8 Å². The van der Waals surface area contributed by atoms with Crippen molar-refractivity contribution in [2.75, 3.05) is 12.8 Å². The summed E-state index contributed by atoms with van der Waals surface area (Å²) in [6, 6.07) is 5.44. The maximum atomic E-state index is 12.3. The van der Waals surface area contributed by atoms with E-state index >= 15 is 0 Å². The predicted octanol–water partition coefficient (Wildman–Crippen LogP) is 1.34. The van der Waals surface area contributed by atoms with Crippen LogP contribution in [0.25, 0.3) is 5.69 Å². The molecule has 1 aliphatic carbocycles. The van der Waals surface area contributed by atoms with Gasteiger partial charge >= 0.3 is 0 Å². The fourth-order valence-corrected chi connectivity index (χ4v) is 2.96. The molecule has 0 atom stereocenters. The summed E-state index contributed by atoms with van der Waals surface area (Å²) in [5, 5.41) is 7.39. The third-order valence-electron chi connectivity index (χ3n) is 3.93. The molecule has 1 saturated carbocycles. The predicted molar refractivity (Wildman–Crippen MR) is 95.7 cm³/mol. The molecule has 138 valence electrons. The van der Waals surface area contributed by atoms with Crippen molar-refractivity contribution < 1.29 is 18.8 Å². The molecule has 9 nitrogen and oxygen atoms in total. The standard InChI is InChI=1S/C16H19N5O4S/c1-8-3-4-9(15(23)19-10-5-6-10)7-11(8)21-13(17)12(14(18)22)16(20-21)26-25-24-2/h3-4,7,10H,5-6,17H2,1-2H3,(H2,18,22)(H,19,23). The molecule has 0 aliphatic heterocycles. The van der Waals surface area contributed by atoms with Gasteiger partial charge in [0, 0.05) is 11.6 Å². The number of hydrogen-bond donors (Lipinski definition) is 3. The molecule has 0 spiro atoms. The number of primary amides is 1. The van der Waals surface area contributed by atoms with Gasteiger partial charge in [-0.05, 0) is 37.5 Å². The Hall–Kier alpha value is -2.56. The van der Waals surface area contributed by atoms with Crippen molar-refractivity contribution in [2.24, 2.45) is 5.73 Å². The largest absolute Gasteiger partial charge is 0.383 e. The number of nitrogens with two attached hydrogens (primary N) is 2. The van der Waals surface area contributed by atoms with E-state index in [1.54, 1.807) is 18.2 Å². The number of amides is 2. The Kier molecular flexibility index (Phi) is 5.16. The number of carbonyl (C=O) groups excluding carboxylic acids is 2. The van der Waals surface area contributed by atoms with Crippen molar-refractivity contribution in [3.63, 3.8) is 0 Å². The van der Waals surface area contributed by atoms with Crippen LogP contribution < -0.4 is 16.8 Å². The van der Waals surface area contributed by atoms with Crippen molar-refractivity contribution in [1.29, 1.82) is 0 Å². The van der Waals surface area contributed by atoms with Crippen molar-refractivity contribution in [3.05, 3.63) is 34.9 Å². The monoisotopic (exact) mass is 377 g/mol. The quantitative estimate of drug-likeness (QED) is 0.376. The molecule has 2 aromatic rings. The summed E-state index contributed by atoms with van der Waals surface area (Å²) in [5.74, 6) is -0.842. The number of carbonyl (C=O) groups is 2. The Balaban J connectivity index is 2.02. The third-order valence-corrected chi connectivity index (χ3v) is 4.58. The maximum Gasteiger partial charge on any atom is 0.255 e. The SMILES string of the molecule is COOSc1nn(-c2cc(C(=O)NC3CC3)ccc2C)c(N)c1C(N)=O. The first-order valence-electron chi connectivity index (χ1n) is 7.90. The molecule has 26 heavy (non-hydrogen) atoms. The second kappa shape index (κ2) is 7.36. The Morgan fingerprint density at radius 1 is 1.38 bits per heavy atom. The summed E-state index contributed by atoms with van der Waals surface area (Å²) in [7, 11) is 1.32. The van der Waals surface area contributed by atoms with Crippen LogP contribution in [0.5, 0.6) is 0 Å². The van der Waals surface area contributed by atoms with Crippen LogP contribution in [-0.2, 0) is 9.22 Å². The van der Waals surface area contributed by atoms with Crippen LogP contribution in [0.2, 0.25) is 0 Å². The molecule has 3 rings (SSSR count). The molecular formula is C16H19N5O4S. The first-order valence-corrected chi connectivity index (χ1v) is 8.64. The highest BCUT2D eigenvalue weighted by Crippen LogP contribution is 2.30. The van der Waals surface area contributed by atoms with E-state index in [1.807, 2.05) is 6.92 Å². The summed E-state index contributed by atoms with van der Waals surface area (Å²) < 4.78 is 6.14. The average Bonchev–Trinajstić information content (AvgIpc) is 3.34. The summed E-state index contributed by atoms with van der Waals surface area (Å²) >= 11 is 0.724. The van der Waals surface area contributed by atoms with E-state index < -0.39 is 5.91 Å². The van der Waals surface area contributed by atoms with Crippen LogP contribution in [0.4, 0.5) is 5.82 Å². The zero-order valence-corrected chi connectivity index (χ0v) is 15.1. The Bertz CT molecular complexity index is 863. The fourth-order valence-electron chi connectivity index (χ4n) is 2.43. The van der Waals surface area contributed by atoms with Crippen LogP contribution in [0, 0.1) is 6.92 Å². The molecule has 0 saturated heterocycles. The number of nitrogens with one attached hydrogen (secondary N) is 1. The number of benzene rings is 1. The minimum Gasteiger partial charge on any atom is -0.383 e. The molecule has 1 aromatic heterocycles. The molecule has 5 N–H and O–H groups in total. The first-order chi connectivity index (χ1) is 12.4. The van der Waals surface area contributed by atoms with Gasteiger partial charge in [-0.3, -0.25) is 9.59 Å². The molecule has 1 aromatic carbocycles. The first kappa shape index (κ1) is 18.2. The van der Waals surface area contributed by atoms with Gasteiger partial charge in [-0.25, -0.2) is 9.57 Å². The smallest absolute Gasteiger partial charge is 0.255 e. The lowest BCUT2D eigenvalue weighted by atomic mass is 10.1. The van der Waals surface area contributed by atoms with Gasteiger partial charge in [0.15, 0.2) is 5.03 Å². The highest BCUT2D eigenvalue weighted by atomic mass is 32.2. The van der Waals surface area contributed by atoms with E-state index in [-0.39, 0.29) is 28.4 Å². The lowest BCUT2D eigenvalue weighted by Crippen LogP contribution is -2.25. The van der Waals surface area contributed by atoms with Gasteiger partial charge < -0.3 is 16.8 Å². The summed E-state index contributed by atoms with van der Waals surface area (Å²) in [5.41, 5.74) is 13.4. The van der Waals surface area contributed by atoms with E-state index in [4.69, 9.17) is 15.8 Å². The Morgan fingerprint density at radius 2 is 2.12 bits per heavy atom. The topological polar surface area (TPSA) is 134 Å². The lowest BCUT2D eigenvalue weighted by Gasteiger charge is -2.11. The van der Waals surface area contributed by atoms with Crippen LogP contribution in [0.1, 0.15) is 39.1 Å². The van der Waals surface area contributed by atoms with E-state index in [9.17, 15) is 9.59 Å². The summed E-state index contributed by atoms with van der Waals surface area (Å²) in [6.07, 6.45) is 2.00. The normalized spacial score (nSPS) is 13.6. The van der Waals surface area contributed by atoms with Crippen LogP contribution in [0.15, 0.2) is 23.2 Å². The van der Waals surface area contributed by atoms with Gasteiger partial charge in [-0.15, -0.1) is 0 Å². The zero-order chi connectivity index (χ0) is 18.8. The van der Waals surface area contributed by atoms with Gasteiger partial charge in [0.05, 0.1) is 24.8 Å². The van der Waals surface area contributed by atoms with E-state index in [0.29, 0.717) is 11.3 Å². The van der Waals surface area contributed by atoms with Crippen LogP contribution in [-0.4, -0.2) is 34.7 Å². The van der Waals surface area contributed by atoms with E-state index in [0.717, 1.165) is 30.4 Å². The van der Waals surface area contributed by atoms with Crippen LogP contribution in [0.3, 0.4) is 0 Å². The molecule has 1 heterocycles. The van der Waals surface area contributed by atoms with Crippen LogP contribution >= 0.6 is 12.0 Å². The molecule has 0 unspecified atom stereocenters. The number of aryl methyl sites for hydroxylation is 1. The Labute approximate surface area is 154 Å². The number of nitrogen functional groups attached to an aromatic ring is 1. The number of rotatable bonds is 7. The molecule has 0 radical (unpaired) electrons. The second-order valence-electron chi connectivity index (χ2n) is 5.91. The average molecular weight is 377 g/mol. The van der Waals surface area contributed by atoms with E-state index in [1.165, 1.54) is 11.8 Å². The Morgan fingerprint density at radius 3 is 2.73 bits per heavy atom. The van der Waals surface area contributed by atoms with Crippen molar-refractivity contribution in [3.8, 4) is 5.69 Å². The highest BCUT2D eigenvalue weighted by molar-refractivity contribution is 7.94. The number of hydrogen-bond acceptors (Lipinski definition) is 7. The van der Waals surface area contributed by atoms with Gasteiger partial charge in [0.2, 0.25) is 0 Å².